The van der Waals surface area contributed by atoms with Gasteiger partial charge in [-0.2, -0.15) is 0 Å². The minimum Gasteiger partial charge on any atom is -0.356 e. The first-order valence-electron chi connectivity index (χ1n) is 6.85. The quantitative estimate of drug-likeness (QED) is 0.803. The molecule has 5 heteroatoms. The van der Waals surface area contributed by atoms with E-state index in [0.717, 1.165) is 5.56 Å². The number of halogens is 2. The van der Waals surface area contributed by atoms with Crippen LogP contribution in [0.3, 0.4) is 0 Å². The van der Waals surface area contributed by atoms with E-state index >= 15 is 0 Å². The normalized spacial score (nSPS) is 12.5. The fourth-order valence-electron chi connectivity index (χ4n) is 1.76. The second-order valence-electron chi connectivity index (χ2n) is 5.29. The van der Waals surface area contributed by atoms with Crippen LogP contribution < -0.4 is 10.6 Å². The maximum Gasteiger partial charge on any atom is 0.221 e. The monoisotopic (exact) mass is 316 g/mol. The maximum absolute atomic E-state index is 11.6. The summed E-state index contributed by atoms with van der Waals surface area (Å²) in [6.45, 7) is 7.47. The summed E-state index contributed by atoms with van der Waals surface area (Å²) in [7, 11) is 0. The van der Waals surface area contributed by atoms with Gasteiger partial charge < -0.3 is 10.6 Å². The minimum atomic E-state index is 0.0547. The molecule has 0 saturated carbocycles. The van der Waals surface area contributed by atoms with Crippen molar-refractivity contribution in [2.45, 2.75) is 33.2 Å². The van der Waals surface area contributed by atoms with Crippen molar-refractivity contribution in [3.05, 3.63) is 33.8 Å². The zero-order valence-electron chi connectivity index (χ0n) is 12.2. The van der Waals surface area contributed by atoms with Crippen molar-refractivity contribution < 1.29 is 4.79 Å². The van der Waals surface area contributed by atoms with E-state index in [-0.39, 0.29) is 11.9 Å². The number of benzene rings is 1. The van der Waals surface area contributed by atoms with Gasteiger partial charge in [0.15, 0.2) is 0 Å². The minimum absolute atomic E-state index is 0.0547. The van der Waals surface area contributed by atoms with Gasteiger partial charge in [0.25, 0.3) is 0 Å². The highest BCUT2D eigenvalue weighted by Crippen LogP contribution is 2.25. The molecule has 1 rings (SSSR count). The van der Waals surface area contributed by atoms with Gasteiger partial charge in [-0.3, -0.25) is 4.79 Å². The van der Waals surface area contributed by atoms with Crippen LogP contribution in [0.5, 0.6) is 0 Å². The number of hydrogen-bond donors (Lipinski definition) is 2. The Hall–Kier alpha value is -0.770. The van der Waals surface area contributed by atoms with Crippen LogP contribution in [0.15, 0.2) is 18.2 Å². The van der Waals surface area contributed by atoms with Gasteiger partial charge in [-0.25, -0.2) is 0 Å². The lowest BCUT2D eigenvalue weighted by atomic mass is 10.1. The number of carbonyl (C=O) groups is 1. The van der Waals surface area contributed by atoms with Crippen molar-refractivity contribution in [2.24, 2.45) is 5.92 Å². The van der Waals surface area contributed by atoms with Crippen LogP contribution in [-0.2, 0) is 4.79 Å². The molecule has 1 atom stereocenters. The topological polar surface area (TPSA) is 41.1 Å². The second-order valence-corrected chi connectivity index (χ2v) is 6.13. The third kappa shape index (κ3) is 6.12. The Labute approximate surface area is 131 Å². The average molecular weight is 317 g/mol. The lowest BCUT2D eigenvalue weighted by Gasteiger charge is -2.16. The van der Waals surface area contributed by atoms with Gasteiger partial charge in [0.1, 0.15) is 0 Å². The molecule has 20 heavy (non-hydrogen) atoms. The summed E-state index contributed by atoms with van der Waals surface area (Å²) in [6, 6.07) is 5.45. The first-order chi connectivity index (χ1) is 9.40. The summed E-state index contributed by atoms with van der Waals surface area (Å²) in [5.74, 6) is 0.534. The highest BCUT2D eigenvalue weighted by Gasteiger charge is 2.10. The summed E-state index contributed by atoms with van der Waals surface area (Å²) in [6.07, 6.45) is 0.454. The van der Waals surface area contributed by atoms with Crippen LogP contribution in [0, 0.1) is 5.92 Å². The van der Waals surface area contributed by atoms with Gasteiger partial charge >= 0.3 is 0 Å². The second kappa shape index (κ2) is 8.50. The molecule has 0 heterocycles. The first kappa shape index (κ1) is 17.3. The summed E-state index contributed by atoms with van der Waals surface area (Å²) in [5, 5.41) is 7.51. The Balaban J connectivity index is 2.38. The number of carbonyl (C=O) groups excluding carboxylic acids is 1. The third-order valence-corrected chi connectivity index (χ3v) is 3.51. The van der Waals surface area contributed by atoms with Gasteiger partial charge in [-0.15, -0.1) is 0 Å². The molecule has 112 valence electrons. The molecule has 3 nitrogen and oxygen atoms in total. The molecule has 0 aliphatic rings. The van der Waals surface area contributed by atoms with Crippen LogP contribution >= 0.6 is 23.2 Å². The predicted octanol–water partition coefficient (Wildman–Crippen LogP) is 3.81. The Bertz CT molecular complexity index is 449. The number of amides is 1. The van der Waals surface area contributed by atoms with E-state index in [1.165, 1.54) is 0 Å². The number of rotatable bonds is 7. The van der Waals surface area contributed by atoms with Crippen molar-refractivity contribution >= 4 is 29.1 Å². The Kier molecular flexibility index (Phi) is 7.35. The molecule has 1 aromatic rings. The van der Waals surface area contributed by atoms with E-state index in [0.29, 0.717) is 35.5 Å². The van der Waals surface area contributed by atoms with Crippen molar-refractivity contribution in [3.8, 4) is 0 Å². The molecule has 0 spiro atoms. The summed E-state index contributed by atoms with van der Waals surface area (Å²) >= 11 is 12.1. The molecule has 0 saturated heterocycles. The lowest BCUT2D eigenvalue weighted by Crippen LogP contribution is -2.31. The van der Waals surface area contributed by atoms with E-state index in [1.54, 1.807) is 12.1 Å². The van der Waals surface area contributed by atoms with Gasteiger partial charge in [0.2, 0.25) is 5.91 Å². The standard InChI is InChI=1S/C15H22Cl2N2O/c1-10(2)9-19-15(20)6-7-18-11(3)13-8-12(16)4-5-14(13)17/h4-5,8,10-11,18H,6-7,9H2,1-3H3,(H,19,20). The molecule has 1 aromatic carbocycles. The summed E-state index contributed by atoms with van der Waals surface area (Å²) < 4.78 is 0. The van der Waals surface area contributed by atoms with E-state index in [1.807, 2.05) is 13.0 Å². The zero-order chi connectivity index (χ0) is 15.1. The molecule has 1 amide bonds. The highest BCUT2D eigenvalue weighted by molar-refractivity contribution is 6.33. The van der Waals surface area contributed by atoms with Crippen LogP contribution in [0.2, 0.25) is 10.0 Å². The largest absolute Gasteiger partial charge is 0.356 e. The van der Waals surface area contributed by atoms with Gasteiger partial charge in [-0.1, -0.05) is 37.0 Å². The van der Waals surface area contributed by atoms with Gasteiger partial charge in [0, 0.05) is 35.6 Å². The van der Waals surface area contributed by atoms with Crippen LogP contribution in [0.1, 0.15) is 38.8 Å². The summed E-state index contributed by atoms with van der Waals surface area (Å²) in [5.41, 5.74) is 0.946. The third-order valence-electron chi connectivity index (χ3n) is 2.93. The predicted molar refractivity (Wildman–Crippen MR) is 85.3 cm³/mol. The Morgan fingerprint density at radius 2 is 1.95 bits per heavy atom. The summed E-state index contributed by atoms with van der Waals surface area (Å²) in [4.78, 5) is 11.6. The lowest BCUT2D eigenvalue weighted by molar-refractivity contribution is -0.121. The van der Waals surface area contributed by atoms with E-state index < -0.39 is 0 Å². The molecular formula is C15H22Cl2N2O. The Morgan fingerprint density at radius 1 is 1.25 bits per heavy atom. The van der Waals surface area contributed by atoms with Crippen molar-refractivity contribution in [1.29, 1.82) is 0 Å². The highest BCUT2D eigenvalue weighted by atomic mass is 35.5. The SMILES string of the molecule is CC(C)CNC(=O)CCNC(C)c1cc(Cl)ccc1Cl. The van der Waals surface area contributed by atoms with E-state index in [2.05, 4.69) is 24.5 Å². The van der Waals surface area contributed by atoms with Crippen molar-refractivity contribution in [3.63, 3.8) is 0 Å². The zero-order valence-corrected chi connectivity index (χ0v) is 13.7. The average Bonchev–Trinajstić information content (AvgIpc) is 2.39. The fraction of sp³-hybridized carbons (Fsp3) is 0.533. The Morgan fingerprint density at radius 3 is 2.60 bits per heavy atom. The number of nitrogens with one attached hydrogen (secondary N) is 2. The molecule has 0 aliphatic heterocycles. The van der Waals surface area contributed by atoms with Crippen molar-refractivity contribution in [1.82, 2.24) is 10.6 Å². The molecular weight excluding hydrogens is 295 g/mol. The molecule has 0 fully saturated rings. The molecule has 0 aliphatic carbocycles. The number of hydrogen-bond acceptors (Lipinski definition) is 2. The van der Waals surface area contributed by atoms with Crippen LogP contribution in [-0.4, -0.2) is 19.0 Å². The molecule has 0 bridgehead atoms. The smallest absolute Gasteiger partial charge is 0.221 e. The molecule has 2 N–H and O–H groups in total. The van der Waals surface area contributed by atoms with Crippen molar-refractivity contribution in [2.75, 3.05) is 13.1 Å². The fourth-order valence-corrected chi connectivity index (χ4v) is 2.23. The first-order valence-corrected chi connectivity index (χ1v) is 7.60. The maximum atomic E-state index is 11.6. The van der Waals surface area contributed by atoms with E-state index in [4.69, 9.17) is 23.2 Å². The van der Waals surface area contributed by atoms with Crippen LogP contribution in [0.25, 0.3) is 0 Å². The van der Waals surface area contributed by atoms with Gasteiger partial charge in [0.05, 0.1) is 0 Å². The molecule has 0 radical (unpaired) electrons. The molecule has 0 aromatic heterocycles. The van der Waals surface area contributed by atoms with Crippen LogP contribution in [0.4, 0.5) is 0 Å². The van der Waals surface area contributed by atoms with Gasteiger partial charge in [-0.05, 0) is 36.6 Å². The van der Waals surface area contributed by atoms with E-state index in [9.17, 15) is 4.79 Å². The molecule has 1 unspecified atom stereocenters.